The minimum Gasteiger partial charge on any atom is -0.330 e. The summed E-state index contributed by atoms with van der Waals surface area (Å²) in [6.45, 7) is 0.828. The van der Waals surface area contributed by atoms with Gasteiger partial charge < -0.3 is 5.73 Å². The molecule has 0 unspecified atom stereocenters. The Labute approximate surface area is 158 Å². The third-order valence-electron chi connectivity index (χ3n) is 4.07. The van der Waals surface area contributed by atoms with Crippen molar-refractivity contribution >= 4 is 39.7 Å². The highest BCUT2D eigenvalue weighted by molar-refractivity contribution is 7.95. The number of nitrogens with two attached hydrogens (primary N) is 1. The fourth-order valence-corrected chi connectivity index (χ4v) is 4.67. The number of hydrogen-bond donors (Lipinski definition) is 1. The lowest BCUT2D eigenvalue weighted by atomic mass is 10.2. The van der Waals surface area contributed by atoms with Crippen molar-refractivity contribution in [3.8, 4) is 0 Å². The molecular formula is C17H20ClF2N3O2S. The lowest BCUT2D eigenvalue weighted by Crippen LogP contribution is -2.36. The molecule has 2 aromatic rings. The Morgan fingerprint density at radius 3 is 2.27 bits per heavy atom. The van der Waals surface area contributed by atoms with Gasteiger partial charge in [-0.1, -0.05) is 18.6 Å². The minimum atomic E-state index is -3.99. The van der Waals surface area contributed by atoms with Crippen LogP contribution in [0.5, 0.6) is 0 Å². The summed E-state index contributed by atoms with van der Waals surface area (Å²) in [6, 6.07) is 9.55. The van der Waals surface area contributed by atoms with E-state index in [1.165, 1.54) is 4.31 Å². The third kappa shape index (κ3) is 3.62. The first-order chi connectivity index (χ1) is 12.0. The number of anilines is 3. The van der Waals surface area contributed by atoms with Crippen LogP contribution in [-0.2, 0) is 10.2 Å². The maximum Gasteiger partial charge on any atom is 0.331 e. The molecule has 1 heterocycles. The van der Waals surface area contributed by atoms with Crippen LogP contribution in [0.1, 0.15) is 19.3 Å². The molecule has 0 aromatic heterocycles. The summed E-state index contributed by atoms with van der Waals surface area (Å²) in [5.74, 6) is -1.69. The van der Waals surface area contributed by atoms with E-state index in [0.29, 0.717) is 30.4 Å². The van der Waals surface area contributed by atoms with Gasteiger partial charge in [0.05, 0.1) is 17.1 Å². The number of hydrogen-bond acceptors (Lipinski definition) is 3. The van der Waals surface area contributed by atoms with E-state index >= 15 is 0 Å². The highest BCUT2D eigenvalue weighted by atomic mass is 35.5. The van der Waals surface area contributed by atoms with Crippen LogP contribution in [0.25, 0.3) is 0 Å². The molecule has 0 spiro atoms. The van der Waals surface area contributed by atoms with Crippen molar-refractivity contribution in [1.29, 1.82) is 0 Å². The maximum absolute atomic E-state index is 14.2. The monoisotopic (exact) mass is 403 g/mol. The molecule has 0 atom stereocenters. The number of benzene rings is 2. The lowest BCUT2D eigenvalue weighted by molar-refractivity contribution is 0.577. The molecule has 1 aliphatic heterocycles. The number of halogens is 3. The fraction of sp³-hybridized carbons (Fsp3) is 0.294. The van der Waals surface area contributed by atoms with Gasteiger partial charge in [0.1, 0.15) is 5.82 Å². The zero-order chi connectivity index (χ0) is 18.0. The van der Waals surface area contributed by atoms with Gasteiger partial charge in [-0.05, 0) is 43.7 Å². The molecule has 0 bridgehead atoms. The van der Waals surface area contributed by atoms with Crippen molar-refractivity contribution in [3.05, 3.63) is 54.1 Å². The summed E-state index contributed by atoms with van der Waals surface area (Å²) in [5, 5.41) is 0. The van der Waals surface area contributed by atoms with Crippen LogP contribution < -0.4 is 14.3 Å². The van der Waals surface area contributed by atoms with Crippen molar-refractivity contribution < 1.29 is 17.2 Å². The smallest absolute Gasteiger partial charge is 0.330 e. The van der Waals surface area contributed by atoms with E-state index in [4.69, 9.17) is 5.73 Å². The van der Waals surface area contributed by atoms with Gasteiger partial charge in [-0.3, -0.25) is 4.31 Å². The third-order valence-corrected chi connectivity index (χ3v) is 5.86. The average molecular weight is 404 g/mol. The number of nitrogens with zero attached hydrogens (tertiary/aromatic N) is 2. The van der Waals surface area contributed by atoms with Gasteiger partial charge in [-0.25, -0.2) is 13.1 Å². The second kappa shape index (κ2) is 8.20. The van der Waals surface area contributed by atoms with Crippen LogP contribution in [0.2, 0.25) is 0 Å². The summed E-state index contributed by atoms with van der Waals surface area (Å²) >= 11 is 0. The van der Waals surface area contributed by atoms with Crippen LogP contribution >= 0.6 is 12.4 Å². The van der Waals surface area contributed by atoms with Crippen LogP contribution in [0.15, 0.2) is 42.5 Å². The number of para-hydroxylation sites is 2. The Kier molecular flexibility index (Phi) is 6.44. The van der Waals surface area contributed by atoms with Crippen LogP contribution in [0, 0.1) is 11.6 Å². The van der Waals surface area contributed by atoms with E-state index < -0.39 is 21.8 Å². The Hall–Kier alpha value is -1.90. The van der Waals surface area contributed by atoms with E-state index in [0.717, 1.165) is 29.3 Å². The summed E-state index contributed by atoms with van der Waals surface area (Å²) in [5.41, 5.74) is 6.11. The van der Waals surface area contributed by atoms with E-state index in [9.17, 15) is 17.2 Å². The zero-order valence-electron chi connectivity index (χ0n) is 13.9. The molecule has 1 aliphatic rings. The van der Waals surface area contributed by atoms with Gasteiger partial charge in [-0.2, -0.15) is 8.42 Å². The van der Waals surface area contributed by atoms with Crippen molar-refractivity contribution in [2.75, 3.05) is 21.7 Å². The van der Waals surface area contributed by atoms with Gasteiger partial charge in [0, 0.05) is 12.6 Å². The molecule has 9 heteroatoms. The summed E-state index contributed by atoms with van der Waals surface area (Å²) in [6.07, 6.45) is 2.26. The molecule has 5 nitrogen and oxygen atoms in total. The Balaban J connectivity index is 0.00000243. The van der Waals surface area contributed by atoms with Crippen molar-refractivity contribution in [3.63, 3.8) is 0 Å². The standard InChI is InChI=1S/C17H19F2N3O2S.ClH/c18-13-8-9-15(14(19)12-13)22-17-7-3-2-6-16(17)21(25(22,23)24)11-5-1-4-10-20;/h2-3,6-9,12H,1,4-5,10-11,20H2;1H. The van der Waals surface area contributed by atoms with E-state index in [-0.39, 0.29) is 24.6 Å². The molecule has 0 fully saturated rings. The molecule has 2 aromatic carbocycles. The summed E-state index contributed by atoms with van der Waals surface area (Å²) in [4.78, 5) is 0. The zero-order valence-corrected chi connectivity index (χ0v) is 15.6. The molecule has 0 radical (unpaired) electrons. The van der Waals surface area contributed by atoms with Gasteiger partial charge in [-0.15, -0.1) is 12.4 Å². The summed E-state index contributed by atoms with van der Waals surface area (Å²) in [7, 11) is -3.99. The van der Waals surface area contributed by atoms with Gasteiger partial charge >= 0.3 is 10.2 Å². The number of rotatable bonds is 6. The van der Waals surface area contributed by atoms with E-state index in [2.05, 4.69) is 0 Å². The average Bonchev–Trinajstić information content (AvgIpc) is 2.79. The molecule has 0 saturated carbocycles. The lowest BCUT2D eigenvalue weighted by Gasteiger charge is -2.22. The second-order valence-corrected chi connectivity index (χ2v) is 7.48. The highest BCUT2D eigenvalue weighted by Gasteiger charge is 2.41. The molecular weight excluding hydrogens is 384 g/mol. The topological polar surface area (TPSA) is 66.6 Å². The largest absolute Gasteiger partial charge is 0.331 e. The Bertz CT molecular complexity index is 880. The molecule has 0 saturated heterocycles. The van der Waals surface area contributed by atoms with Crippen molar-refractivity contribution in [1.82, 2.24) is 0 Å². The Morgan fingerprint density at radius 2 is 1.62 bits per heavy atom. The molecule has 142 valence electrons. The first kappa shape index (κ1) is 20.4. The fourth-order valence-electron chi connectivity index (χ4n) is 2.91. The van der Waals surface area contributed by atoms with Crippen LogP contribution in [-0.4, -0.2) is 21.5 Å². The molecule has 0 aliphatic carbocycles. The second-order valence-electron chi connectivity index (χ2n) is 5.78. The highest BCUT2D eigenvalue weighted by Crippen LogP contribution is 2.45. The van der Waals surface area contributed by atoms with Gasteiger partial charge in [0.2, 0.25) is 0 Å². The number of fused-ring (bicyclic) bond motifs is 1. The summed E-state index contributed by atoms with van der Waals surface area (Å²) < 4.78 is 55.7. The van der Waals surface area contributed by atoms with Crippen LogP contribution in [0.4, 0.5) is 25.8 Å². The Morgan fingerprint density at radius 1 is 0.923 bits per heavy atom. The molecule has 3 rings (SSSR count). The first-order valence-electron chi connectivity index (χ1n) is 8.04. The van der Waals surface area contributed by atoms with E-state index in [1.54, 1.807) is 24.3 Å². The number of unbranched alkanes of at least 4 members (excludes halogenated alkanes) is 2. The van der Waals surface area contributed by atoms with Gasteiger partial charge in [0.25, 0.3) is 0 Å². The van der Waals surface area contributed by atoms with Crippen molar-refractivity contribution in [2.24, 2.45) is 5.73 Å². The van der Waals surface area contributed by atoms with Crippen LogP contribution in [0.3, 0.4) is 0 Å². The SMILES string of the molecule is Cl.NCCCCCN1c2ccccc2N(c2ccc(F)cc2F)S1(=O)=O. The predicted octanol–water partition coefficient (Wildman–Crippen LogP) is 3.72. The van der Waals surface area contributed by atoms with E-state index in [1.807, 2.05) is 0 Å². The molecule has 26 heavy (non-hydrogen) atoms. The minimum absolute atomic E-state index is 0. The van der Waals surface area contributed by atoms with Gasteiger partial charge in [0.15, 0.2) is 5.82 Å². The quantitative estimate of drug-likeness (QED) is 0.747. The predicted molar refractivity (Wildman–Crippen MR) is 101 cm³/mol. The normalized spacial score (nSPS) is 14.9. The first-order valence-corrected chi connectivity index (χ1v) is 9.43. The van der Waals surface area contributed by atoms with Crippen molar-refractivity contribution in [2.45, 2.75) is 19.3 Å². The molecule has 2 N–H and O–H groups in total. The maximum atomic E-state index is 14.2. The molecule has 0 amide bonds.